The molecule has 0 saturated carbocycles. The summed E-state index contributed by atoms with van der Waals surface area (Å²) < 4.78 is 11.2. The second kappa shape index (κ2) is 9.54. The van der Waals surface area contributed by atoms with E-state index in [-0.39, 0.29) is 28.1 Å². The molecule has 2 N–H and O–H groups in total. The highest BCUT2D eigenvalue weighted by atomic mass is 35.5. The normalized spacial score (nSPS) is 11.6. The Morgan fingerprint density at radius 1 is 1.07 bits per heavy atom. The second-order valence-corrected chi connectivity index (χ2v) is 6.96. The number of hydrogen-bond acceptors (Lipinski definition) is 4. The van der Waals surface area contributed by atoms with E-state index >= 15 is 0 Å². The lowest BCUT2D eigenvalue weighted by Crippen LogP contribution is -2.21. The topological polar surface area (TPSA) is 67.8 Å². The third kappa shape index (κ3) is 4.94. The van der Waals surface area contributed by atoms with Crippen molar-refractivity contribution < 1.29 is 19.4 Å². The minimum Gasteiger partial charge on any atom is -0.493 e. The van der Waals surface area contributed by atoms with E-state index in [1.54, 1.807) is 30.3 Å². The lowest BCUT2D eigenvalue weighted by Gasteiger charge is -2.21. The van der Waals surface area contributed by atoms with Crippen LogP contribution >= 0.6 is 23.2 Å². The summed E-state index contributed by atoms with van der Waals surface area (Å²) in [5.74, 6) is -0.430. The molecular weight excluding hydrogens is 413 g/mol. The second-order valence-electron chi connectivity index (χ2n) is 6.18. The molecule has 1 unspecified atom stereocenters. The van der Waals surface area contributed by atoms with E-state index in [1.165, 1.54) is 7.11 Å². The van der Waals surface area contributed by atoms with E-state index in [4.69, 9.17) is 32.7 Å². The van der Waals surface area contributed by atoms with Gasteiger partial charge in [-0.15, -0.1) is 0 Å². The van der Waals surface area contributed by atoms with Crippen molar-refractivity contribution in [2.75, 3.05) is 12.4 Å². The molecule has 150 valence electrons. The molecule has 0 aliphatic carbocycles. The smallest absolute Gasteiger partial charge is 0.330 e. The Bertz CT molecular complexity index is 981. The molecule has 0 aliphatic heterocycles. The maximum absolute atomic E-state index is 11.8. The van der Waals surface area contributed by atoms with Crippen LogP contribution in [0.25, 0.3) is 0 Å². The largest absolute Gasteiger partial charge is 0.493 e. The van der Waals surface area contributed by atoms with E-state index in [9.17, 15) is 9.90 Å². The van der Waals surface area contributed by atoms with Gasteiger partial charge in [-0.2, -0.15) is 0 Å². The molecule has 0 fully saturated rings. The number of hydrogen-bond donors (Lipinski definition) is 2. The van der Waals surface area contributed by atoms with Crippen molar-refractivity contribution in [2.24, 2.45) is 0 Å². The number of benzene rings is 3. The monoisotopic (exact) mass is 431 g/mol. The van der Waals surface area contributed by atoms with Crippen molar-refractivity contribution in [3.05, 3.63) is 87.9 Å². The molecular formula is C22H19Cl2NO4. The summed E-state index contributed by atoms with van der Waals surface area (Å²) >= 11 is 12.9. The maximum Gasteiger partial charge on any atom is 0.330 e. The van der Waals surface area contributed by atoms with Crippen LogP contribution in [0.3, 0.4) is 0 Å². The van der Waals surface area contributed by atoms with E-state index in [1.807, 2.05) is 36.4 Å². The van der Waals surface area contributed by atoms with Gasteiger partial charge >= 0.3 is 5.97 Å². The van der Waals surface area contributed by atoms with Gasteiger partial charge in [-0.05, 0) is 11.1 Å². The van der Waals surface area contributed by atoms with Crippen LogP contribution in [0, 0.1) is 0 Å². The molecule has 0 saturated heterocycles. The first-order valence-corrected chi connectivity index (χ1v) is 9.54. The van der Waals surface area contributed by atoms with Crippen molar-refractivity contribution in [2.45, 2.75) is 12.6 Å². The third-order valence-electron chi connectivity index (χ3n) is 4.25. The molecule has 0 aromatic heterocycles. The molecule has 0 amide bonds. The van der Waals surface area contributed by atoms with E-state index < -0.39 is 12.0 Å². The lowest BCUT2D eigenvalue weighted by molar-refractivity contribution is -0.138. The molecule has 3 aromatic rings. The Hall–Kier alpha value is -2.89. The predicted molar refractivity (Wildman–Crippen MR) is 114 cm³/mol. The number of nitrogens with one attached hydrogen (secondary N) is 1. The zero-order valence-corrected chi connectivity index (χ0v) is 17.1. The van der Waals surface area contributed by atoms with Gasteiger partial charge in [0.05, 0.1) is 17.8 Å². The van der Waals surface area contributed by atoms with Crippen LogP contribution in [0.5, 0.6) is 11.5 Å². The van der Waals surface area contributed by atoms with E-state index in [2.05, 4.69) is 5.32 Å². The van der Waals surface area contributed by atoms with E-state index in [0.717, 1.165) is 5.56 Å². The van der Waals surface area contributed by atoms with Gasteiger partial charge in [-0.1, -0.05) is 83.9 Å². The molecule has 29 heavy (non-hydrogen) atoms. The summed E-state index contributed by atoms with van der Waals surface area (Å²) in [6.07, 6.45) is 0. The summed E-state index contributed by atoms with van der Waals surface area (Å²) in [4.78, 5) is 11.8. The highest BCUT2D eigenvalue weighted by Crippen LogP contribution is 2.46. The molecule has 3 aromatic carbocycles. The zero-order chi connectivity index (χ0) is 20.8. The van der Waals surface area contributed by atoms with Crippen LogP contribution in [-0.2, 0) is 11.4 Å². The summed E-state index contributed by atoms with van der Waals surface area (Å²) in [6, 6.07) is 18.8. The van der Waals surface area contributed by atoms with Crippen LogP contribution in [0.1, 0.15) is 17.2 Å². The van der Waals surface area contributed by atoms with Crippen LogP contribution in [0.15, 0.2) is 66.7 Å². The quantitative estimate of drug-likeness (QED) is 0.470. The van der Waals surface area contributed by atoms with Crippen molar-refractivity contribution in [1.29, 1.82) is 0 Å². The van der Waals surface area contributed by atoms with Crippen molar-refractivity contribution >= 4 is 34.9 Å². The van der Waals surface area contributed by atoms with Gasteiger partial charge in [0.25, 0.3) is 0 Å². The summed E-state index contributed by atoms with van der Waals surface area (Å²) in [5, 5.41) is 13.0. The highest BCUT2D eigenvalue weighted by Gasteiger charge is 2.25. The van der Waals surface area contributed by atoms with Gasteiger partial charge in [0.1, 0.15) is 11.6 Å². The van der Waals surface area contributed by atoms with E-state index in [0.29, 0.717) is 11.3 Å². The Morgan fingerprint density at radius 2 is 1.69 bits per heavy atom. The van der Waals surface area contributed by atoms with Crippen LogP contribution < -0.4 is 14.8 Å². The SMILES string of the molecule is COc1cc(Cl)c(NC(C(=O)O)c2ccccc2)c(Cl)c1OCc1ccccc1. The van der Waals surface area contributed by atoms with Crippen molar-refractivity contribution in [3.63, 3.8) is 0 Å². The fourth-order valence-corrected chi connectivity index (χ4v) is 3.41. The Balaban J connectivity index is 1.95. The van der Waals surface area contributed by atoms with Gasteiger partial charge in [0.2, 0.25) is 0 Å². The molecule has 0 radical (unpaired) electrons. The van der Waals surface area contributed by atoms with Crippen molar-refractivity contribution in [3.8, 4) is 11.5 Å². The molecule has 0 aliphatic rings. The minimum absolute atomic E-state index is 0.146. The van der Waals surface area contributed by atoms with Gasteiger partial charge in [-0.3, -0.25) is 0 Å². The number of aliphatic carboxylic acids is 1. The lowest BCUT2D eigenvalue weighted by atomic mass is 10.1. The van der Waals surface area contributed by atoms with Crippen LogP contribution in [-0.4, -0.2) is 18.2 Å². The van der Waals surface area contributed by atoms with Crippen molar-refractivity contribution in [1.82, 2.24) is 0 Å². The number of methoxy groups -OCH3 is 1. The summed E-state index contributed by atoms with van der Waals surface area (Å²) in [6.45, 7) is 0.263. The number of ether oxygens (including phenoxy) is 2. The predicted octanol–water partition coefficient (Wildman–Crippen LogP) is 5.82. The number of carboxylic acid groups (broad SMARTS) is 1. The first kappa shape index (κ1) is 20.8. The average Bonchev–Trinajstić information content (AvgIpc) is 2.73. The maximum atomic E-state index is 11.8. The fourth-order valence-electron chi connectivity index (χ4n) is 2.80. The molecule has 1 atom stereocenters. The molecule has 0 heterocycles. The summed E-state index contributed by atoms with van der Waals surface area (Å²) in [7, 11) is 1.48. The Labute approximate surface area is 178 Å². The molecule has 5 nitrogen and oxygen atoms in total. The number of anilines is 1. The first-order valence-electron chi connectivity index (χ1n) is 8.78. The van der Waals surface area contributed by atoms with Crippen LogP contribution in [0.4, 0.5) is 5.69 Å². The summed E-state index contributed by atoms with van der Waals surface area (Å²) in [5.41, 5.74) is 1.77. The zero-order valence-electron chi connectivity index (χ0n) is 15.6. The average molecular weight is 432 g/mol. The minimum atomic E-state index is -1.06. The standard InChI is InChI=1S/C22H19Cl2NO4/c1-28-17-12-16(23)20(25-19(22(26)27)15-10-6-3-7-11-15)18(24)21(17)29-13-14-8-4-2-5-9-14/h2-12,19,25H,13H2,1H3,(H,26,27). The molecule has 3 rings (SSSR count). The van der Waals surface area contributed by atoms with Crippen LogP contribution in [0.2, 0.25) is 10.0 Å². The van der Waals surface area contributed by atoms with Gasteiger partial charge < -0.3 is 19.9 Å². The molecule has 0 spiro atoms. The Morgan fingerprint density at radius 3 is 2.28 bits per heavy atom. The Kier molecular flexibility index (Phi) is 6.86. The number of carboxylic acids is 1. The van der Waals surface area contributed by atoms with Gasteiger partial charge in [-0.25, -0.2) is 4.79 Å². The number of carbonyl (C=O) groups is 1. The third-order valence-corrected chi connectivity index (χ3v) is 4.91. The highest BCUT2D eigenvalue weighted by molar-refractivity contribution is 6.40. The fraction of sp³-hybridized carbons (Fsp3) is 0.136. The number of halogens is 2. The first-order chi connectivity index (χ1) is 14.0. The molecule has 7 heteroatoms. The number of rotatable bonds is 8. The molecule has 0 bridgehead atoms. The van der Waals surface area contributed by atoms with Gasteiger partial charge in [0, 0.05) is 6.07 Å². The van der Waals surface area contributed by atoms with Gasteiger partial charge in [0.15, 0.2) is 17.5 Å².